The van der Waals surface area contributed by atoms with Gasteiger partial charge in [0.15, 0.2) is 0 Å². The maximum absolute atomic E-state index is 11.6. The second-order valence-electron chi connectivity index (χ2n) is 3.85. The number of carbonyl (C=O) groups is 2. The summed E-state index contributed by atoms with van der Waals surface area (Å²) in [5, 5.41) is 2.32. The van der Waals surface area contributed by atoms with Crippen LogP contribution in [0.4, 0.5) is 0 Å². The molecule has 3 nitrogen and oxygen atoms in total. The molecule has 0 aliphatic carbocycles. The lowest BCUT2D eigenvalue weighted by atomic mass is 10.0. The molecule has 2 aromatic carbocycles. The van der Waals surface area contributed by atoms with E-state index in [9.17, 15) is 9.59 Å². The topological polar surface area (TPSA) is 46.2 Å². The Morgan fingerprint density at radius 2 is 1.39 bits per heavy atom. The molecule has 0 atom stereocenters. The smallest absolute Gasteiger partial charge is 0.292 e. The van der Waals surface area contributed by atoms with E-state index in [-0.39, 0.29) is 0 Å². The fraction of sp³-hybridized carbons (Fsp3) is 0.0667. The summed E-state index contributed by atoms with van der Waals surface area (Å²) in [6, 6.07) is 16.9. The van der Waals surface area contributed by atoms with Crippen molar-refractivity contribution in [2.24, 2.45) is 0 Å². The van der Waals surface area contributed by atoms with Crippen molar-refractivity contribution in [3.05, 3.63) is 60.2 Å². The van der Waals surface area contributed by atoms with Crippen molar-refractivity contribution < 1.29 is 9.59 Å². The monoisotopic (exact) mass is 239 g/mol. The third kappa shape index (κ3) is 2.46. The van der Waals surface area contributed by atoms with Gasteiger partial charge in [0, 0.05) is 12.6 Å². The van der Waals surface area contributed by atoms with E-state index in [1.54, 1.807) is 12.1 Å². The molecule has 1 N–H and O–H groups in total. The van der Waals surface area contributed by atoms with Crippen molar-refractivity contribution in [1.82, 2.24) is 5.32 Å². The van der Waals surface area contributed by atoms with Crippen LogP contribution in [0.15, 0.2) is 54.6 Å². The van der Waals surface area contributed by atoms with Crippen LogP contribution < -0.4 is 5.32 Å². The first kappa shape index (κ1) is 12.0. The number of rotatable bonds is 3. The summed E-state index contributed by atoms with van der Waals surface area (Å²) in [4.78, 5) is 22.8. The molecule has 0 aromatic heterocycles. The minimum Gasteiger partial charge on any atom is -0.352 e. The molecule has 0 heterocycles. The summed E-state index contributed by atoms with van der Waals surface area (Å²) in [5.74, 6) is -1.11. The van der Waals surface area contributed by atoms with E-state index in [1.165, 1.54) is 7.05 Å². The first-order valence-electron chi connectivity index (χ1n) is 5.64. The van der Waals surface area contributed by atoms with Gasteiger partial charge in [0.1, 0.15) is 0 Å². The van der Waals surface area contributed by atoms with E-state index < -0.39 is 11.7 Å². The van der Waals surface area contributed by atoms with Gasteiger partial charge in [0.05, 0.1) is 0 Å². The standard InChI is InChI=1S/C15H13NO2/c1-16-15(18)14(17)13-9-7-12(8-10-13)11-5-3-2-4-6-11/h2-10H,1H3,(H,16,18). The van der Waals surface area contributed by atoms with Crippen LogP contribution >= 0.6 is 0 Å². The fourth-order valence-electron chi connectivity index (χ4n) is 1.69. The number of carbonyl (C=O) groups excluding carboxylic acids is 2. The predicted octanol–water partition coefficient (Wildman–Crippen LogP) is 2.28. The van der Waals surface area contributed by atoms with Crippen LogP contribution in [0, 0.1) is 0 Å². The van der Waals surface area contributed by atoms with Gasteiger partial charge in [-0.1, -0.05) is 54.6 Å². The van der Waals surface area contributed by atoms with Gasteiger partial charge in [-0.15, -0.1) is 0 Å². The van der Waals surface area contributed by atoms with Crippen LogP contribution in [0.5, 0.6) is 0 Å². The van der Waals surface area contributed by atoms with Crippen LogP contribution in [-0.2, 0) is 4.79 Å². The highest BCUT2D eigenvalue weighted by molar-refractivity contribution is 6.42. The van der Waals surface area contributed by atoms with Gasteiger partial charge >= 0.3 is 0 Å². The van der Waals surface area contributed by atoms with E-state index in [2.05, 4.69) is 5.32 Å². The summed E-state index contributed by atoms with van der Waals surface area (Å²) in [7, 11) is 1.44. The largest absolute Gasteiger partial charge is 0.352 e. The lowest BCUT2D eigenvalue weighted by Gasteiger charge is -2.03. The molecule has 0 fully saturated rings. The van der Waals surface area contributed by atoms with Crippen molar-refractivity contribution in [2.45, 2.75) is 0 Å². The lowest BCUT2D eigenvalue weighted by Crippen LogP contribution is -2.27. The average Bonchev–Trinajstić information content (AvgIpc) is 2.47. The van der Waals surface area contributed by atoms with Gasteiger partial charge in [-0.25, -0.2) is 0 Å². The highest BCUT2D eigenvalue weighted by atomic mass is 16.2. The quantitative estimate of drug-likeness (QED) is 0.659. The number of ketones is 1. The molecule has 0 saturated heterocycles. The van der Waals surface area contributed by atoms with Crippen molar-refractivity contribution in [2.75, 3.05) is 7.05 Å². The Kier molecular flexibility index (Phi) is 3.53. The molecule has 0 aliphatic rings. The molecule has 0 aliphatic heterocycles. The zero-order valence-corrected chi connectivity index (χ0v) is 10.0. The van der Waals surface area contributed by atoms with Crippen molar-refractivity contribution >= 4 is 11.7 Å². The predicted molar refractivity (Wildman–Crippen MR) is 70.3 cm³/mol. The van der Waals surface area contributed by atoms with E-state index >= 15 is 0 Å². The maximum Gasteiger partial charge on any atom is 0.292 e. The Morgan fingerprint density at radius 3 is 1.94 bits per heavy atom. The molecule has 0 bridgehead atoms. The SMILES string of the molecule is CNC(=O)C(=O)c1ccc(-c2ccccc2)cc1. The zero-order chi connectivity index (χ0) is 13.0. The number of hydrogen-bond acceptors (Lipinski definition) is 2. The molecule has 2 rings (SSSR count). The molecule has 1 amide bonds. The number of Topliss-reactive ketones (excluding diaryl/α,β-unsaturated/α-hetero) is 1. The van der Waals surface area contributed by atoms with Crippen LogP contribution in [0.2, 0.25) is 0 Å². The molecule has 0 unspecified atom stereocenters. The van der Waals surface area contributed by atoms with Crippen molar-refractivity contribution in [3.8, 4) is 11.1 Å². The molecule has 0 spiro atoms. The second kappa shape index (κ2) is 5.27. The lowest BCUT2D eigenvalue weighted by molar-refractivity contribution is -0.116. The Bertz CT molecular complexity index is 559. The second-order valence-corrected chi connectivity index (χ2v) is 3.85. The zero-order valence-electron chi connectivity index (χ0n) is 10.0. The number of nitrogens with one attached hydrogen (secondary N) is 1. The van der Waals surface area contributed by atoms with Crippen LogP contribution in [0.25, 0.3) is 11.1 Å². The van der Waals surface area contributed by atoms with E-state index in [0.717, 1.165) is 11.1 Å². The first-order chi connectivity index (χ1) is 8.72. The molecule has 18 heavy (non-hydrogen) atoms. The first-order valence-corrected chi connectivity index (χ1v) is 5.64. The highest BCUT2D eigenvalue weighted by Gasteiger charge is 2.13. The molecule has 0 radical (unpaired) electrons. The summed E-state index contributed by atoms with van der Waals surface area (Å²) in [6.07, 6.45) is 0. The van der Waals surface area contributed by atoms with Gasteiger partial charge in [-0.05, 0) is 11.1 Å². The van der Waals surface area contributed by atoms with Gasteiger partial charge in [0.25, 0.3) is 5.91 Å². The van der Waals surface area contributed by atoms with Crippen molar-refractivity contribution in [1.29, 1.82) is 0 Å². The maximum atomic E-state index is 11.6. The van der Waals surface area contributed by atoms with E-state index in [1.807, 2.05) is 42.5 Å². The van der Waals surface area contributed by atoms with Crippen LogP contribution in [0.1, 0.15) is 10.4 Å². The Balaban J connectivity index is 2.26. The van der Waals surface area contributed by atoms with Gasteiger partial charge in [-0.3, -0.25) is 9.59 Å². The summed E-state index contributed by atoms with van der Waals surface area (Å²) < 4.78 is 0. The molecular formula is C15H13NO2. The fourth-order valence-corrected chi connectivity index (χ4v) is 1.69. The Morgan fingerprint density at radius 1 is 0.833 bits per heavy atom. The third-order valence-corrected chi connectivity index (χ3v) is 2.69. The average molecular weight is 239 g/mol. The minimum atomic E-state index is -0.595. The normalized spacial score (nSPS) is 9.83. The summed E-state index contributed by atoms with van der Waals surface area (Å²) in [5.41, 5.74) is 2.49. The number of amides is 1. The van der Waals surface area contributed by atoms with E-state index in [4.69, 9.17) is 0 Å². The van der Waals surface area contributed by atoms with Crippen LogP contribution in [0.3, 0.4) is 0 Å². The summed E-state index contributed by atoms with van der Waals surface area (Å²) >= 11 is 0. The molecule has 3 heteroatoms. The van der Waals surface area contributed by atoms with E-state index in [0.29, 0.717) is 5.56 Å². The Hall–Kier alpha value is -2.42. The van der Waals surface area contributed by atoms with Crippen molar-refractivity contribution in [3.63, 3.8) is 0 Å². The number of likely N-dealkylation sites (N-methyl/N-ethyl adjacent to an activating group) is 1. The minimum absolute atomic E-state index is 0.397. The number of hydrogen-bond donors (Lipinski definition) is 1. The molecule has 2 aromatic rings. The molecule has 0 saturated carbocycles. The van der Waals surface area contributed by atoms with Gasteiger partial charge < -0.3 is 5.32 Å². The Labute approximate surface area is 105 Å². The van der Waals surface area contributed by atoms with Gasteiger partial charge in [-0.2, -0.15) is 0 Å². The highest BCUT2D eigenvalue weighted by Crippen LogP contribution is 2.19. The van der Waals surface area contributed by atoms with Gasteiger partial charge in [0.2, 0.25) is 5.78 Å². The molecular weight excluding hydrogens is 226 g/mol. The molecule has 90 valence electrons. The summed E-state index contributed by atoms with van der Waals surface area (Å²) in [6.45, 7) is 0. The number of benzene rings is 2. The third-order valence-electron chi connectivity index (χ3n) is 2.69. The van der Waals surface area contributed by atoms with Crippen LogP contribution in [-0.4, -0.2) is 18.7 Å².